The van der Waals surface area contributed by atoms with E-state index in [9.17, 15) is 5.11 Å². The molecule has 21 heavy (non-hydrogen) atoms. The lowest BCUT2D eigenvalue weighted by molar-refractivity contribution is -0.102. The average Bonchev–Trinajstić information content (AvgIpc) is 2.41. The molecule has 1 rings (SSSR count). The van der Waals surface area contributed by atoms with Gasteiger partial charge in [-0.15, -0.1) is 0 Å². The van der Waals surface area contributed by atoms with Crippen LogP contribution < -0.4 is 5.32 Å². The average molecular weight is 298 g/mol. The van der Waals surface area contributed by atoms with Gasteiger partial charge in [-0.25, -0.2) is 0 Å². The van der Waals surface area contributed by atoms with Crippen LogP contribution in [0.15, 0.2) is 0 Å². The molecule has 2 nitrogen and oxygen atoms in total. The first-order valence-corrected chi connectivity index (χ1v) is 9.34. The summed E-state index contributed by atoms with van der Waals surface area (Å²) in [4.78, 5) is 0. The number of unbranched alkanes of at least 4 members (excludes halogenated alkanes) is 6. The minimum atomic E-state index is -0.473. The molecule has 0 aromatic rings. The topological polar surface area (TPSA) is 32.3 Å². The molecule has 1 aliphatic heterocycles. The van der Waals surface area contributed by atoms with Gasteiger partial charge >= 0.3 is 0 Å². The van der Waals surface area contributed by atoms with Crippen molar-refractivity contribution >= 4 is 0 Å². The Labute approximate surface area is 133 Å². The van der Waals surface area contributed by atoms with Gasteiger partial charge in [0.1, 0.15) is 0 Å². The largest absolute Gasteiger partial charge is 0.389 e. The van der Waals surface area contributed by atoms with Gasteiger partial charge in [-0.1, -0.05) is 79.1 Å². The van der Waals surface area contributed by atoms with Gasteiger partial charge in [-0.3, -0.25) is 0 Å². The highest BCUT2D eigenvalue weighted by Crippen LogP contribution is 2.41. The fourth-order valence-corrected chi connectivity index (χ4v) is 3.71. The summed E-state index contributed by atoms with van der Waals surface area (Å²) in [6.45, 7) is 10.9. The molecule has 1 aliphatic rings. The molecule has 2 atom stereocenters. The molecule has 1 saturated heterocycles. The lowest BCUT2D eigenvalue weighted by atomic mass is 9.66. The van der Waals surface area contributed by atoms with Crippen LogP contribution in [0.4, 0.5) is 0 Å². The molecule has 2 N–H and O–H groups in total. The van der Waals surface area contributed by atoms with Crippen molar-refractivity contribution in [2.75, 3.05) is 13.1 Å². The maximum Gasteiger partial charge on any atom is 0.0725 e. The highest BCUT2D eigenvalue weighted by Gasteiger charge is 2.45. The fraction of sp³-hybridized carbons (Fsp3) is 1.00. The number of rotatable bonds is 10. The Bertz CT molecular complexity index is 277. The Kier molecular flexibility index (Phi) is 8.26. The minimum absolute atomic E-state index is 0.000335. The Balaban J connectivity index is 2.19. The van der Waals surface area contributed by atoms with Crippen molar-refractivity contribution in [2.24, 2.45) is 11.3 Å². The van der Waals surface area contributed by atoms with E-state index in [2.05, 4.69) is 33.0 Å². The van der Waals surface area contributed by atoms with Gasteiger partial charge in [-0.2, -0.15) is 0 Å². The Morgan fingerprint density at radius 1 is 1.05 bits per heavy atom. The van der Waals surface area contributed by atoms with Crippen molar-refractivity contribution in [2.45, 2.75) is 97.5 Å². The zero-order chi connectivity index (χ0) is 15.8. The molecule has 0 spiro atoms. The van der Waals surface area contributed by atoms with Crippen molar-refractivity contribution < 1.29 is 5.11 Å². The summed E-state index contributed by atoms with van der Waals surface area (Å²) in [6.07, 6.45) is 12.8. The summed E-state index contributed by atoms with van der Waals surface area (Å²) in [6, 6.07) is 0. The third-order valence-corrected chi connectivity index (χ3v) is 5.53. The van der Waals surface area contributed by atoms with Crippen molar-refractivity contribution in [3.63, 3.8) is 0 Å². The van der Waals surface area contributed by atoms with Gasteiger partial charge in [0.2, 0.25) is 0 Å². The van der Waals surface area contributed by atoms with E-state index in [1.807, 2.05) is 0 Å². The molecule has 0 amide bonds. The predicted octanol–water partition coefficient (Wildman–Crippen LogP) is 4.90. The third kappa shape index (κ3) is 6.28. The number of piperidine rings is 1. The molecule has 1 fully saturated rings. The maximum absolute atomic E-state index is 11.0. The van der Waals surface area contributed by atoms with Crippen molar-refractivity contribution in [3.8, 4) is 0 Å². The van der Waals surface area contributed by atoms with Crippen LogP contribution >= 0.6 is 0 Å². The third-order valence-electron chi connectivity index (χ3n) is 5.53. The summed E-state index contributed by atoms with van der Waals surface area (Å²) in [5, 5.41) is 14.4. The lowest BCUT2D eigenvalue weighted by Gasteiger charge is -2.48. The summed E-state index contributed by atoms with van der Waals surface area (Å²) >= 11 is 0. The van der Waals surface area contributed by atoms with E-state index in [0.29, 0.717) is 5.92 Å². The van der Waals surface area contributed by atoms with E-state index in [4.69, 9.17) is 0 Å². The number of hydrogen-bond donors (Lipinski definition) is 2. The van der Waals surface area contributed by atoms with Crippen LogP contribution in [0.25, 0.3) is 0 Å². The Hall–Kier alpha value is -0.0800. The highest BCUT2D eigenvalue weighted by molar-refractivity contribution is 4.98. The molecule has 0 aromatic carbocycles. The van der Waals surface area contributed by atoms with Crippen molar-refractivity contribution in [1.29, 1.82) is 0 Å². The highest BCUT2D eigenvalue weighted by atomic mass is 16.3. The smallest absolute Gasteiger partial charge is 0.0725 e. The van der Waals surface area contributed by atoms with Crippen LogP contribution in [0.5, 0.6) is 0 Å². The first-order valence-electron chi connectivity index (χ1n) is 9.34. The second-order valence-corrected chi connectivity index (χ2v) is 8.06. The number of hydrogen-bond acceptors (Lipinski definition) is 2. The molecule has 0 bridgehead atoms. The van der Waals surface area contributed by atoms with Gasteiger partial charge in [0.05, 0.1) is 5.60 Å². The molecule has 1 unspecified atom stereocenters. The minimum Gasteiger partial charge on any atom is -0.389 e. The van der Waals surface area contributed by atoms with Crippen molar-refractivity contribution in [1.82, 2.24) is 5.32 Å². The quantitative estimate of drug-likeness (QED) is 0.562. The fourth-order valence-electron chi connectivity index (χ4n) is 3.71. The first-order chi connectivity index (χ1) is 9.91. The van der Waals surface area contributed by atoms with E-state index in [0.717, 1.165) is 25.9 Å². The predicted molar refractivity (Wildman–Crippen MR) is 92.6 cm³/mol. The van der Waals surface area contributed by atoms with Crippen LogP contribution in [0, 0.1) is 11.3 Å². The Morgan fingerprint density at radius 3 is 2.29 bits per heavy atom. The molecule has 0 aliphatic carbocycles. The van der Waals surface area contributed by atoms with Gasteiger partial charge in [0.25, 0.3) is 0 Å². The molecular weight excluding hydrogens is 258 g/mol. The van der Waals surface area contributed by atoms with Gasteiger partial charge < -0.3 is 10.4 Å². The lowest BCUT2D eigenvalue weighted by Crippen LogP contribution is -2.56. The Morgan fingerprint density at radius 2 is 1.67 bits per heavy atom. The van der Waals surface area contributed by atoms with E-state index in [1.165, 1.54) is 51.4 Å². The molecular formula is C19H39NO. The maximum atomic E-state index is 11.0. The van der Waals surface area contributed by atoms with E-state index < -0.39 is 5.60 Å². The summed E-state index contributed by atoms with van der Waals surface area (Å²) in [5.74, 6) is 0.642. The van der Waals surface area contributed by atoms with Gasteiger partial charge in [0.15, 0.2) is 0 Å². The van der Waals surface area contributed by atoms with Crippen LogP contribution in [0.1, 0.15) is 91.9 Å². The summed E-state index contributed by atoms with van der Waals surface area (Å²) < 4.78 is 0. The molecule has 0 saturated carbocycles. The zero-order valence-electron chi connectivity index (χ0n) is 15.0. The second-order valence-electron chi connectivity index (χ2n) is 8.06. The molecule has 1 heterocycles. The van der Waals surface area contributed by atoms with Crippen LogP contribution in [-0.4, -0.2) is 23.8 Å². The zero-order valence-corrected chi connectivity index (χ0v) is 15.0. The molecule has 126 valence electrons. The second kappa shape index (κ2) is 9.15. The standard InChI is InChI=1S/C19H39NO/c1-5-6-7-8-9-10-11-12-17(2)15-19(21)13-14-20-16-18(19,3)4/h17,20-21H,5-16H2,1-4H3/t17-,19?/m1/s1. The van der Waals surface area contributed by atoms with Crippen LogP contribution in [0.2, 0.25) is 0 Å². The van der Waals surface area contributed by atoms with Crippen LogP contribution in [-0.2, 0) is 0 Å². The molecule has 0 radical (unpaired) electrons. The molecule has 0 aromatic heterocycles. The van der Waals surface area contributed by atoms with Gasteiger partial charge in [0, 0.05) is 12.0 Å². The van der Waals surface area contributed by atoms with Crippen LogP contribution in [0.3, 0.4) is 0 Å². The number of nitrogens with one attached hydrogen (secondary N) is 1. The van der Waals surface area contributed by atoms with E-state index in [-0.39, 0.29) is 5.41 Å². The summed E-state index contributed by atoms with van der Waals surface area (Å²) in [5.41, 5.74) is -0.474. The number of aliphatic hydroxyl groups is 1. The SMILES string of the molecule is CCCCCCCCC[C@@H](C)CC1(O)CCNCC1(C)C. The van der Waals surface area contributed by atoms with Crippen molar-refractivity contribution in [3.05, 3.63) is 0 Å². The molecule has 2 heteroatoms. The first kappa shape index (κ1) is 19.0. The van der Waals surface area contributed by atoms with E-state index >= 15 is 0 Å². The normalized spacial score (nSPS) is 26.7. The summed E-state index contributed by atoms with van der Waals surface area (Å²) in [7, 11) is 0. The van der Waals surface area contributed by atoms with E-state index in [1.54, 1.807) is 0 Å². The van der Waals surface area contributed by atoms with Gasteiger partial charge in [-0.05, 0) is 25.3 Å². The monoisotopic (exact) mass is 297 g/mol.